The second kappa shape index (κ2) is 4.10. The van der Waals surface area contributed by atoms with Crippen molar-refractivity contribution in [2.75, 3.05) is 4.90 Å². The Morgan fingerprint density at radius 1 is 1.17 bits per heavy atom. The van der Waals surface area contributed by atoms with Crippen LogP contribution in [-0.2, 0) is 11.2 Å². The number of nitrogens with zero attached hydrogens (tertiary/aromatic N) is 1. The molecule has 90 valence electrons. The van der Waals surface area contributed by atoms with Gasteiger partial charge in [0.05, 0.1) is 22.8 Å². The minimum atomic E-state index is -0.486. The zero-order valence-electron chi connectivity index (χ0n) is 9.36. The molecule has 0 spiro atoms. The Hall–Kier alpha value is -1.87. The molecule has 1 aliphatic heterocycles. The Morgan fingerprint density at radius 3 is 2.72 bits per heavy atom. The molecule has 0 bridgehead atoms. The second-order valence-electron chi connectivity index (χ2n) is 4.13. The van der Waals surface area contributed by atoms with Gasteiger partial charge in [-0.3, -0.25) is 9.69 Å². The summed E-state index contributed by atoms with van der Waals surface area (Å²) in [6.07, 6.45) is 0.366. The number of hydrogen-bond donors (Lipinski definition) is 0. The van der Waals surface area contributed by atoms with Crippen molar-refractivity contribution in [3.63, 3.8) is 0 Å². The fourth-order valence-electron chi connectivity index (χ4n) is 2.16. The molecule has 2 aromatic rings. The summed E-state index contributed by atoms with van der Waals surface area (Å²) in [5.74, 6) is -0.515. The van der Waals surface area contributed by atoms with Gasteiger partial charge < -0.3 is 0 Å². The maximum Gasteiger partial charge on any atom is 0.236 e. The third kappa shape index (κ3) is 1.68. The van der Waals surface area contributed by atoms with Crippen molar-refractivity contribution in [1.82, 2.24) is 0 Å². The fourth-order valence-corrected chi connectivity index (χ4v) is 2.34. The summed E-state index contributed by atoms with van der Waals surface area (Å²) in [5, 5.41) is 0.0182. The molecule has 1 aliphatic rings. The van der Waals surface area contributed by atoms with E-state index < -0.39 is 5.82 Å². The predicted octanol–water partition coefficient (Wildman–Crippen LogP) is 3.70. The Kier molecular flexibility index (Phi) is 2.56. The number of rotatable bonds is 1. The van der Waals surface area contributed by atoms with Crippen LogP contribution in [0, 0.1) is 5.82 Å². The fraction of sp³-hybridized carbons (Fsp3) is 0.0714. The van der Waals surface area contributed by atoms with E-state index in [1.807, 2.05) is 24.3 Å². The highest BCUT2D eigenvalue weighted by molar-refractivity contribution is 6.31. The number of halogens is 2. The molecule has 1 amide bonds. The molecule has 0 fully saturated rings. The summed E-state index contributed by atoms with van der Waals surface area (Å²) in [4.78, 5) is 13.6. The molecule has 2 aromatic carbocycles. The van der Waals surface area contributed by atoms with Crippen molar-refractivity contribution < 1.29 is 9.18 Å². The van der Waals surface area contributed by atoms with Crippen LogP contribution in [0.1, 0.15) is 5.56 Å². The lowest BCUT2D eigenvalue weighted by Gasteiger charge is -2.17. The van der Waals surface area contributed by atoms with Crippen LogP contribution in [0.5, 0.6) is 0 Å². The summed E-state index contributed by atoms with van der Waals surface area (Å²) in [7, 11) is 0. The molecule has 0 saturated heterocycles. The van der Waals surface area contributed by atoms with Gasteiger partial charge in [0.25, 0.3) is 0 Å². The first-order valence-corrected chi connectivity index (χ1v) is 5.90. The molecular formula is C14H9ClFNO. The van der Waals surface area contributed by atoms with E-state index in [4.69, 9.17) is 11.6 Å². The lowest BCUT2D eigenvalue weighted by atomic mass is 10.2. The van der Waals surface area contributed by atoms with Gasteiger partial charge in [0.1, 0.15) is 5.82 Å². The minimum absolute atomic E-state index is 0.0182. The quantitative estimate of drug-likeness (QED) is 0.766. The molecule has 2 nitrogen and oxygen atoms in total. The largest absolute Gasteiger partial charge is 0.280 e. The molecule has 0 radical (unpaired) electrons. The standard InChI is InChI=1S/C14H9ClFNO/c15-11-8-10(5-6-12(11)16)17-13-4-2-1-3-9(13)7-14(17)18/h1-6,8H,7H2. The predicted molar refractivity (Wildman–Crippen MR) is 68.7 cm³/mol. The van der Waals surface area contributed by atoms with Gasteiger partial charge in [0, 0.05) is 0 Å². The number of benzene rings is 2. The second-order valence-corrected chi connectivity index (χ2v) is 4.54. The monoisotopic (exact) mass is 261 g/mol. The van der Waals surface area contributed by atoms with Gasteiger partial charge in [0.2, 0.25) is 5.91 Å². The van der Waals surface area contributed by atoms with Gasteiger partial charge in [-0.15, -0.1) is 0 Å². The van der Waals surface area contributed by atoms with Crippen LogP contribution in [0.25, 0.3) is 0 Å². The van der Waals surface area contributed by atoms with E-state index >= 15 is 0 Å². The van der Waals surface area contributed by atoms with Gasteiger partial charge in [-0.1, -0.05) is 29.8 Å². The van der Waals surface area contributed by atoms with Crippen molar-refractivity contribution >= 4 is 28.9 Å². The minimum Gasteiger partial charge on any atom is -0.280 e. The molecule has 3 rings (SSSR count). The smallest absolute Gasteiger partial charge is 0.236 e. The Morgan fingerprint density at radius 2 is 1.94 bits per heavy atom. The highest BCUT2D eigenvalue weighted by Gasteiger charge is 2.28. The van der Waals surface area contributed by atoms with Crippen LogP contribution < -0.4 is 4.90 Å². The SMILES string of the molecule is O=C1Cc2ccccc2N1c1ccc(F)c(Cl)c1. The van der Waals surface area contributed by atoms with Crippen molar-refractivity contribution in [1.29, 1.82) is 0 Å². The lowest BCUT2D eigenvalue weighted by molar-refractivity contribution is -0.116. The van der Waals surface area contributed by atoms with E-state index in [0.717, 1.165) is 11.3 Å². The van der Waals surface area contributed by atoms with E-state index in [1.165, 1.54) is 12.1 Å². The maximum atomic E-state index is 13.1. The maximum absolute atomic E-state index is 13.1. The van der Waals surface area contributed by atoms with Crippen LogP contribution in [0.15, 0.2) is 42.5 Å². The number of amides is 1. The zero-order chi connectivity index (χ0) is 12.7. The summed E-state index contributed by atoms with van der Waals surface area (Å²) < 4.78 is 13.1. The number of fused-ring (bicyclic) bond motifs is 1. The van der Waals surface area contributed by atoms with E-state index in [2.05, 4.69) is 0 Å². The van der Waals surface area contributed by atoms with E-state index in [9.17, 15) is 9.18 Å². The first-order chi connectivity index (χ1) is 8.66. The van der Waals surface area contributed by atoms with Crippen LogP contribution in [0.3, 0.4) is 0 Å². The molecular weight excluding hydrogens is 253 g/mol. The van der Waals surface area contributed by atoms with Gasteiger partial charge in [0.15, 0.2) is 0 Å². The average Bonchev–Trinajstić information content (AvgIpc) is 2.69. The summed E-state index contributed by atoms with van der Waals surface area (Å²) >= 11 is 5.75. The molecule has 0 aromatic heterocycles. The Bertz CT molecular complexity index is 641. The van der Waals surface area contributed by atoms with Gasteiger partial charge in [-0.25, -0.2) is 4.39 Å². The topological polar surface area (TPSA) is 20.3 Å². The molecule has 0 N–H and O–H groups in total. The van der Waals surface area contributed by atoms with Crippen LogP contribution in [0.4, 0.5) is 15.8 Å². The number of carbonyl (C=O) groups excluding carboxylic acids is 1. The molecule has 0 unspecified atom stereocenters. The van der Waals surface area contributed by atoms with Crippen molar-refractivity contribution in [2.24, 2.45) is 0 Å². The average molecular weight is 262 g/mol. The first kappa shape index (κ1) is 11.2. The number of anilines is 2. The molecule has 0 aliphatic carbocycles. The van der Waals surface area contributed by atoms with Crippen LogP contribution in [-0.4, -0.2) is 5.91 Å². The van der Waals surface area contributed by atoms with Gasteiger partial charge in [-0.2, -0.15) is 0 Å². The number of carbonyl (C=O) groups is 1. The van der Waals surface area contributed by atoms with E-state index in [-0.39, 0.29) is 10.9 Å². The van der Waals surface area contributed by atoms with Crippen molar-refractivity contribution in [2.45, 2.75) is 6.42 Å². The molecule has 1 heterocycles. The first-order valence-electron chi connectivity index (χ1n) is 5.53. The lowest BCUT2D eigenvalue weighted by Crippen LogP contribution is -2.20. The highest BCUT2D eigenvalue weighted by atomic mass is 35.5. The summed E-state index contributed by atoms with van der Waals surface area (Å²) in [6, 6.07) is 11.8. The van der Waals surface area contributed by atoms with Gasteiger partial charge in [-0.05, 0) is 29.8 Å². The third-order valence-corrected chi connectivity index (χ3v) is 3.27. The number of para-hydroxylation sites is 1. The molecule has 0 saturated carbocycles. The molecule has 4 heteroatoms. The zero-order valence-corrected chi connectivity index (χ0v) is 10.1. The summed E-state index contributed by atoms with van der Waals surface area (Å²) in [5.41, 5.74) is 2.41. The number of hydrogen-bond acceptors (Lipinski definition) is 1. The third-order valence-electron chi connectivity index (χ3n) is 2.98. The van der Waals surface area contributed by atoms with E-state index in [1.54, 1.807) is 11.0 Å². The van der Waals surface area contributed by atoms with Crippen LogP contribution >= 0.6 is 11.6 Å². The summed E-state index contributed by atoms with van der Waals surface area (Å²) in [6.45, 7) is 0. The molecule has 0 atom stereocenters. The van der Waals surface area contributed by atoms with Crippen molar-refractivity contribution in [3.05, 3.63) is 58.9 Å². The Labute approximate surface area is 109 Å². The normalized spacial score (nSPS) is 13.9. The Balaban J connectivity index is 2.11. The van der Waals surface area contributed by atoms with E-state index in [0.29, 0.717) is 12.1 Å². The molecule has 18 heavy (non-hydrogen) atoms. The van der Waals surface area contributed by atoms with Gasteiger partial charge >= 0.3 is 0 Å². The highest BCUT2D eigenvalue weighted by Crippen LogP contribution is 2.36. The van der Waals surface area contributed by atoms with Crippen molar-refractivity contribution in [3.8, 4) is 0 Å². The van der Waals surface area contributed by atoms with Crippen LogP contribution in [0.2, 0.25) is 5.02 Å².